The lowest BCUT2D eigenvalue weighted by molar-refractivity contribution is -0.385. The second-order valence-electron chi connectivity index (χ2n) is 4.03. The number of nitro benzene ring substituents is 1. The van der Waals surface area contributed by atoms with Crippen LogP contribution in [0.15, 0.2) is 22.7 Å². The molecule has 5 heteroatoms. The summed E-state index contributed by atoms with van der Waals surface area (Å²) in [6.07, 6.45) is 1.62. The molecule has 17 heavy (non-hydrogen) atoms. The van der Waals surface area contributed by atoms with Crippen LogP contribution < -0.4 is 5.32 Å². The van der Waals surface area contributed by atoms with Gasteiger partial charge in [-0.1, -0.05) is 28.9 Å². The number of nitrogens with zero attached hydrogens (tertiary/aromatic N) is 1. The van der Waals surface area contributed by atoms with Crippen molar-refractivity contribution in [3.63, 3.8) is 0 Å². The van der Waals surface area contributed by atoms with E-state index in [1.54, 1.807) is 6.07 Å². The van der Waals surface area contributed by atoms with Crippen molar-refractivity contribution in [2.75, 3.05) is 6.54 Å². The van der Waals surface area contributed by atoms with Crippen molar-refractivity contribution >= 4 is 21.6 Å². The number of aryl methyl sites for hydroxylation is 1. The van der Waals surface area contributed by atoms with Crippen molar-refractivity contribution in [2.24, 2.45) is 0 Å². The van der Waals surface area contributed by atoms with Gasteiger partial charge < -0.3 is 5.32 Å². The Labute approximate surface area is 110 Å². The number of rotatable bonds is 6. The average Bonchev–Trinajstić information content (AvgIpc) is 2.27. The summed E-state index contributed by atoms with van der Waals surface area (Å²) in [4.78, 5) is 10.6. The normalized spacial score (nSPS) is 12.4. The lowest BCUT2D eigenvalue weighted by atomic mass is 10.0. The summed E-state index contributed by atoms with van der Waals surface area (Å²) in [5, 5.41) is 14.2. The summed E-state index contributed by atoms with van der Waals surface area (Å²) in [6, 6.07) is 5.61. The second-order valence-corrected chi connectivity index (χ2v) is 4.94. The van der Waals surface area contributed by atoms with Crippen molar-refractivity contribution in [3.05, 3.63) is 38.3 Å². The lowest BCUT2D eigenvalue weighted by Crippen LogP contribution is -2.25. The topological polar surface area (TPSA) is 55.2 Å². The highest BCUT2D eigenvalue weighted by Crippen LogP contribution is 2.24. The van der Waals surface area contributed by atoms with Crippen LogP contribution in [0.5, 0.6) is 0 Å². The standard InChI is InChI=1S/C12H17BrN2O2/c1-3-14-9(2)4-5-10-6-7-11(13)8-12(10)15(16)17/h6-9,14H,3-5H2,1-2H3. The molecule has 1 N–H and O–H groups in total. The van der Waals surface area contributed by atoms with Gasteiger partial charge in [-0.15, -0.1) is 0 Å². The molecule has 0 aliphatic heterocycles. The number of nitrogens with one attached hydrogen (secondary N) is 1. The molecule has 0 saturated heterocycles. The van der Waals surface area contributed by atoms with Gasteiger partial charge in [0.2, 0.25) is 0 Å². The van der Waals surface area contributed by atoms with E-state index >= 15 is 0 Å². The van der Waals surface area contributed by atoms with Crippen LogP contribution in [0.1, 0.15) is 25.8 Å². The Bertz CT molecular complexity index is 396. The first-order chi connectivity index (χ1) is 8.04. The highest BCUT2D eigenvalue weighted by Gasteiger charge is 2.14. The maximum atomic E-state index is 10.9. The minimum absolute atomic E-state index is 0.197. The van der Waals surface area contributed by atoms with Crippen LogP contribution in [0, 0.1) is 10.1 Å². The lowest BCUT2D eigenvalue weighted by Gasteiger charge is -2.11. The van der Waals surface area contributed by atoms with E-state index < -0.39 is 0 Å². The van der Waals surface area contributed by atoms with E-state index in [9.17, 15) is 10.1 Å². The van der Waals surface area contributed by atoms with E-state index in [-0.39, 0.29) is 10.6 Å². The van der Waals surface area contributed by atoms with Gasteiger partial charge in [0.05, 0.1) is 4.92 Å². The molecule has 0 amide bonds. The number of hydrogen-bond acceptors (Lipinski definition) is 3. The third-order valence-electron chi connectivity index (χ3n) is 2.64. The van der Waals surface area contributed by atoms with Gasteiger partial charge >= 0.3 is 0 Å². The van der Waals surface area contributed by atoms with Gasteiger partial charge in [0.15, 0.2) is 0 Å². The SMILES string of the molecule is CCNC(C)CCc1ccc(Br)cc1[N+](=O)[O-]. The maximum Gasteiger partial charge on any atom is 0.273 e. The Hall–Kier alpha value is -0.940. The molecule has 0 fully saturated rings. The summed E-state index contributed by atoms with van der Waals surface area (Å²) in [5.41, 5.74) is 0.992. The minimum atomic E-state index is -0.321. The highest BCUT2D eigenvalue weighted by molar-refractivity contribution is 9.10. The second kappa shape index (κ2) is 6.71. The zero-order chi connectivity index (χ0) is 12.8. The number of halogens is 1. The summed E-state index contributed by atoms with van der Waals surface area (Å²) in [5.74, 6) is 0. The molecular weight excluding hydrogens is 284 g/mol. The molecule has 1 unspecified atom stereocenters. The minimum Gasteiger partial charge on any atom is -0.315 e. The quantitative estimate of drug-likeness (QED) is 0.648. The Balaban J connectivity index is 2.73. The fourth-order valence-corrected chi connectivity index (χ4v) is 2.09. The van der Waals surface area contributed by atoms with Gasteiger partial charge in [-0.3, -0.25) is 10.1 Å². The van der Waals surface area contributed by atoms with Crippen molar-refractivity contribution < 1.29 is 4.92 Å². The fraction of sp³-hybridized carbons (Fsp3) is 0.500. The highest BCUT2D eigenvalue weighted by atomic mass is 79.9. The van der Waals surface area contributed by atoms with Crippen LogP contribution in [0.25, 0.3) is 0 Å². The van der Waals surface area contributed by atoms with Crippen LogP contribution in [0.3, 0.4) is 0 Å². The molecule has 1 aromatic carbocycles. The van der Waals surface area contributed by atoms with Crippen LogP contribution in [0.4, 0.5) is 5.69 Å². The Kier molecular flexibility index (Phi) is 5.58. The van der Waals surface area contributed by atoms with Gasteiger partial charge in [-0.05, 0) is 32.4 Å². The van der Waals surface area contributed by atoms with Crippen LogP contribution >= 0.6 is 15.9 Å². The third-order valence-corrected chi connectivity index (χ3v) is 3.14. The molecule has 0 bridgehead atoms. The Morgan fingerprint density at radius 1 is 1.53 bits per heavy atom. The molecule has 1 atom stereocenters. The first kappa shape index (κ1) is 14.1. The monoisotopic (exact) mass is 300 g/mol. The van der Waals surface area contributed by atoms with Gasteiger partial charge in [-0.2, -0.15) is 0 Å². The predicted molar refractivity (Wildman–Crippen MR) is 72.3 cm³/mol. The van der Waals surface area contributed by atoms with Gasteiger partial charge in [0, 0.05) is 22.1 Å². The van der Waals surface area contributed by atoms with Gasteiger partial charge in [0.25, 0.3) is 5.69 Å². The molecule has 0 aliphatic carbocycles. The van der Waals surface area contributed by atoms with E-state index in [1.165, 1.54) is 0 Å². The summed E-state index contributed by atoms with van der Waals surface area (Å²) >= 11 is 3.25. The van der Waals surface area contributed by atoms with E-state index in [0.29, 0.717) is 6.04 Å². The zero-order valence-corrected chi connectivity index (χ0v) is 11.7. The largest absolute Gasteiger partial charge is 0.315 e. The number of benzene rings is 1. The maximum absolute atomic E-state index is 10.9. The van der Waals surface area contributed by atoms with E-state index in [4.69, 9.17) is 0 Å². The van der Waals surface area contributed by atoms with Crippen LogP contribution in [0.2, 0.25) is 0 Å². The van der Waals surface area contributed by atoms with Crippen molar-refractivity contribution in [1.29, 1.82) is 0 Å². The van der Waals surface area contributed by atoms with Crippen molar-refractivity contribution in [1.82, 2.24) is 5.32 Å². The summed E-state index contributed by atoms with van der Waals surface area (Å²) in [7, 11) is 0. The Morgan fingerprint density at radius 2 is 2.24 bits per heavy atom. The molecule has 0 radical (unpaired) electrons. The molecular formula is C12H17BrN2O2. The molecule has 94 valence electrons. The summed E-state index contributed by atoms with van der Waals surface area (Å²) < 4.78 is 0.743. The van der Waals surface area contributed by atoms with Gasteiger partial charge in [0.1, 0.15) is 0 Å². The van der Waals surface area contributed by atoms with E-state index in [0.717, 1.165) is 29.4 Å². The molecule has 4 nitrogen and oxygen atoms in total. The van der Waals surface area contributed by atoms with Crippen molar-refractivity contribution in [3.8, 4) is 0 Å². The van der Waals surface area contributed by atoms with Crippen molar-refractivity contribution in [2.45, 2.75) is 32.7 Å². The molecule has 0 heterocycles. The first-order valence-corrected chi connectivity index (χ1v) is 6.50. The zero-order valence-electron chi connectivity index (χ0n) is 10.1. The predicted octanol–water partition coefficient (Wildman–Crippen LogP) is 3.29. The smallest absolute Gasteiger partial charge is 0.273 e. The van der Waals surface area contributed by atoms with E-state index in [1.807, 2.05) is 12.1 Å². The molecule has 0 aliphatic rings. The van der Waals surface area contributed by atoms with Crippen LogP contribution in [-0.2, 0) is 6.42 Å². The number of nitro groups is 1. The van der Waals surface area contributed by atoms with E-state index in [2.05, 4.69) is 35.1 Å². The molecule has 0 aromatic heterocycles. The molecule has 1 aromatic rings. The number of hydrogen-bond donors (Lipinski definition) is 1. The Morgan fingerprint density at radius 3 is 2.82 bits per heavy atom. The van der Waals surface area contributed by atoms with Crippen LogP contribution in [-0.4, -0.2) is 17.5 Å². The fourth-order valence-electron chi connectivity index (χ4n) is 1.74. The average molecular weight is 301 g/mol. The molecule has 1 rings (SSSR count). The molecule has 0 saturated carbocycles. The first-order valence-electron chi connectivity index (χ1n) is 5.70. The molecule has 0 spiro atoms. The van der Waals surface area contributed by atoms with Gasteiger partial charge in [-0.25, -0.2) is 0 Å². The third kappa shape index (κ3) is 4.44. The summed E-state index contributed by atoms with van der Waals surface area (Å²) in [6.45, 7) is 5.07.